The quantitative estimate of drug-likeness (QED) is 0.735. The number of hydrogen-bond acceptors (Lipinski definition) is 3. The van der Waals surface area contributed by atoms with Crippen molar-refractivity contribution < 1.29 is 13.2 Å². The maximum absolute atomic E-state index is 13.0. The molecule has 2 aromatic rings. The SMILES string of the molecule is CC[C@@H](C(=O)Nc1ccc(C(C)C)cc1)N(c1cc(C)ccc1C)S(C)(=O)=O. The molecule has 0 aliphatic heterocycles. The first-order chi connectivity index (χ1) is 13.0. The highest BCUT2D eigenvalue weighted by Crippen LogP contribution is 2.28. The van der Waals surface area contributed by atoms with E-state index in [9.17, 15) is 13.2 Å². The van der Waals surface area contributed by atoms with E-state index in [0.29, 0.717) is 23.7 Å². The topological polar surface area (TPSA) is 66.5 Å². The predicted molar refractivity (Wildman–Crippen MR) is 116 cm³/mol. The summed E-state index contributed by atoms with van der Waals surface area (Å²) in [4.78, 5) is 13.0. The van der Waals surface area contributed by atoms with Crippen molar-refractivity contribution >= 4 is 27.3 Å². The Bertz CT molecular complexity index is 935. The second-order valence-electron chi connectivity index (χ2n) is 7.54. The molecule has 0 saturated heterocycles. The summed E-state index contributed by atoms with van der Waals surface area (Å²) in [5, 5.41) is 2.87. The Labute approximate surface area is 168 Å². The van der Waals surface area contributed by atoms with Crippen LogP contribution in [0.4, 0.5) is 11.4 Å². The van der Waals surface area contributed by atoms with E-state index in [1.54, 1.807) is 0 Å². The van der Waals surface area contributed by atoms with Crippen LogP contribution in [0.15, 0.2) is 42.5 Å². The van der Waals surface area contributed by atoms with E-state index < -0.39 is 16.1 Å². The van der Waals surface area contributed by atoms with Crippen LogP contribution in [0.5, 0.6) is 0 Å². The number of nitrogens with zero attached hydrogens (tertiary/aromatic N) is 1. The number of nitrogens with one attached hydrogen (secondary N) is 1. The zero-order valence-corrected chi connectivity index (χ0v) is 18.3. The summed E-state index contributed by atoms with van der Waals surface area (Å²) in [5.41, 5.74) is 4.12. The lowest BCUT2D eigenvalue weighted by molar-refractivity contribution is -0.117. The maximum Gasteiger partial charge on any atom is 0.248 e. The van der Waals surface area contributed by atoms with Crippen LogP contribution in [-0.4, -0.2) is 26.6 Å². The molecule has 0 heterocycles. The van der Waals surface area contributed by atoms with Gasteiger partial charge < -0.3 is 5.32 Å². The summed E-state index contributed by atoms with van der Waals surface area (Å²) in [5.74, 6) is 0.0595. The van der Waals surface area contributed by atoms with Gasteiger partial charge >= 0.3 is 0 Å². The number of rotatable bonds is 7. The van der Waals surface area contributed by atoms with Crippen LogP contribution in [0.3, 0.4) is 0 Å². The Balaban J connectivity index is 2.38. The fraction of sp³-hybridized carbons (Fsp3) is 0.409. The molecule has 0 spiro atoms. The number of carbonyl (C=O) groups is 1. The van der Waals surface area contributed by atoms with Crippen molar-refractivity contribution in [2.75, 3.05) is 15.9 Å². The minimum absolute atomic E-state index is 0.342. The summed E-state index contributed by atoms with van der Waals surface area (Å²) < 4.78 is 26.5. The van der Waals surface area contributed by atoms with Crippen LogP contribution in [-0.2, 0) is 14.8 Å². The summed E-state index contributed by atoms with van der Waals surface area (Å²) in [7, 11) is -3.65. The molecule has 0 aromatic heterocycles. The molecule has 152 valence electrons. The van der Waals surface area contributed by atoms with Crippen molar-refractivity contribution in [3.63, 3.8) is 0 Å². The standard InChI is InChI=1S/C22H30N2O3S/c1-7-20(22(25)23-19-12-10-18(11-13-19)15(2)3)24(28(6,26)27)21-14-16(4)8-9-17(21)5/h8-15,20H,7H2,1-6H3,(H,23,25)/t20-/m0/s1. The van der Waals surface area contributed by atoms with Crippen LogP contribution in [0.2, 0.25) is 0 Å². The van der Waals surface area contributed by atoms with Gasteiger partial charge in [-0.2, -0.15) is 0 Å². The molecule has 1 amide bonds. The number of aryl methyl sites for hydroxylation is 2. The average molecular weight is 403 g/mol. The van der Waals surface area contributed by atoms with Gasteiger partial charge in [-0.1, -0.05) is 45.0 Å². The van der Waals surface area contributed by atoms with E-state index in [-0.39, 0.29) is 5.91 Å². The van der Waals surface area contributed by atoms with Crippen molar-refractivity contribution in [2.45, 2.75) is 53.0 Å². The number of carbonyl (C=O) groups excluding carboxylic acids is 1. The highest BCUT2D eigenvalue weighted by atomic mass is 32.2. The second kappa shape index (κ2) is 8.78. The molecule has 2 aromatic carbocycles. The van der Waals surface area contributed by atoms with Crippen molar-refractivity contribution in [3.05, 3.63) is 59.2 Å². The molecule has 0 aliphatic rings. The first-order valence-electron chi connectivity index (χ1n) is 9.52. The average Bonchev–Trinajstić information content (AvgIpc) is 2.61. The molecule has 6 heteroatoms. The summed E-state index contributed by atoms with van der Waals surface area (Å²) in [6.45, 7) is 9.78. The van der Waals surface area contributed by atoms with Crippen molar-refractivity contribution in [1.82, 2.24) is 0 Å². The molecule has 0 saturated carbocycles. The summed E-state index contributed by atoms with van der Waals surface area (Å²) in [6.07, 6.45) is 1.50. The zero-order chi connectivity index (χ0) is 21.1. The third-order valence-corrected chi connectivity index (χ3v) is 5.94. The van der Waals surface area contributed by atoms with Crippen LogP contribution >= 0.6 is 0 Å². The highest BCUT2D eigenvalue weighted by molar-refractivity contribution is 7.92. The number of amides is 1. The number of hydrogen-bond donors (Lipinski definition) is 1. The number of benzene rings is 2. The third-order valence-electron chi connectivity index (χ3n) is 4.78. The molecule has 1 atom stereocenters. The van der Waals surface area contributed by atoms with E-state index in [1.807, 2.05) is 63.2 Å². The van der Waals surface area contributed by atoms with Gasteiger partial charge in [0.1, 0.15) is 6.04 Å². The molecule has 0 unspecified atom stereocenters. The van der Waals surface area contributed by atoms with Crippen molar-refractivity contribution in [2.24, 2.45) is 0 Å². The van der Waals surface area contributed by atoms with Gasteiger partial charge in [0.05, 0.1) is 11.9 Å². The normalized spacial score (nSPS) is 12.7. The van der Waals surface area contributed by atoms with Gasteiger partial charge in [0, 0.05) is 5.69 Å². The van der Waals surface area contributed by atoms with Gasteiger partial charge in [-0.05, 0) is 61.1 Å². The minimum atomic E-state index is -3.65. The van der Waals surface area contributed by atoms with E-state index in [4.69, 9.17) is 0 Å². The van der Waals surface area contributed by atoms with Crippen molar-refractivity contribution in [3.8, 4) is 0 Å². The Morgan fingerprint density at radius 2 is 1.68 bits per heavy atom. The molecule has 5 nitrogen and oxygen atoms in total. The van der Waals surface area contributed by atoms with Crippen LogP contribution in [0, 0.1) is 13.8 Å². The Hall–Kier alpha value is -2.34. The first kappa shape index (κ1) is 22.0. The molecule has 0 aliphatic carbocycles. The lowest BCUT2D eigenvalue weighted by Gasteiger charge is -2.31. The van der Waals surface area contributed by atoms with E-state index in [1.165, 1.54) is 9.87 Å². The van der Waals surface area contributed by atoms with E-state index in [2.05, 4.69) is 19.2 Å². The van der Waals surface area contributed by atoms with E-state index in [0.717, 1.165) is 17.4 Å². The Kier molecular flexibility index (Phi) is 6.88. The van der Waals surface area contributed by atoms with Gasteiger partial charge in [0.25, 0.3) is 0 Å². The van der Waals surface area contributed by atoms with Gasteiger partial charge in [-0.15, -0.1) is 0 Å². The minimum Gasteiger partial charge on any atom is -0.324 e. The molecule has 0 bridgehead atoms. The Morgan fingerprint density at radius 1 is 1.07 bits per heavy atom. The van der Waals surface area contributed by atoms with E-state index >= 15 is 0 Å². The lowest BCUT2D eigenvalue weighted by Crippen LogP contribution is -2.47. The first-order valence-corrected chi connectivity index (χ1v) is 11.4. The molecule has 1 N–H and O–H groups in total. The van der Waals surface area contributed by atoms with Gasteiger partial charge in [0.15, 0.2) is 0 Å². The maximum atomic E-state index is 13.0. The fourth-order valence-corrected chi connectivity index (χ4v) is 4.43. The molecule has 0 fully saturated rings. The number of sulfonamides is 1. The van der Waals surface area contributed by atoms with Crippen LogP contribution in [0.1, 0.15) is 49.8 Å². The largest absolute Gasteiger partial charge is 0.324 e. The summed E-state index contributed by atoms with van der Waals surface area (Å²) >= 11 is 0. The van der Waals surface area contributed by atoms with Gasteiger partial charge in [0.2, 0.25) is 15.9 Å². The smallest absolute Gasteiger partial charge is 0.248 e. The highest BCUT2D eigenvalue weighted by Gasteiger charge is 2.32. The van der Waals surface area contributed by atoms with Crippen LogP contribution < -0.4 is 9.62 Å². The third kappa shape index (κ3) is 5.13. The molecular weight excluding hydrogens is 372 g/mol. The molecular formula is C22H30N2O3S. The van der Waals surface area contributed by atoms with Gasteiger partial charge in [-0.3, -0.25) is 9.10 Å². The van der Waals surface area contributed by atoms with Gasteiger partial charge in [-0.25, -0.2) is 8.42 Å². The Morgan fingerprint density at radius 3 is 2.18 bits per heavy atom. The molecule has 28 heavy (non-hydrogen) atoms. The lowest BCUT2D eigenvalue weighted by atomic mass is 10.0. The molecule has 2 rings (SSSR count). The van der Waals surface area contributed by atoms with Crippen molar-refractivity contribution in [1.29, 1.82) is 0 Å². The summed E-state index contributed by atoms with van der Waals surface area (Å²) in [6, 6.07) is 12.4. The zero-order valence-electron chi connectivity index (χ0n) is 17.5. The predicted octanol–water partition coefficient (Wildman–Crippen LogP) is 4.61. The monoisotopic (exact) mass is 402 g/mol. The molecule has 0 radical (unpaired) electrons. The second-order valence-corrected chi connectivity index (χ2v) is 9.40. The number of anilines is 2. The van der Waals surface area contributed by atoms with Crippen LogP contribution in [0.25, 0.3) is 0 Å². The fourth-order valence-electron chi connectivity index (χ4n) is 3.17.